The van der Waals surface area contributed by atoms with E-state index in [1.165, 1.54) is 12.5 Å². The molecule has 0 spiro atoms. The third-order valence-electron chi connectivity index (χ3n) is 3.93. The first-order chi connectivity index (χ1) is 9.06. The average molecular weight is 268 g/mol. The highest BCUT2D eigenvalue weighted by molar-refractivity contribution is 5.59. The molecule has 0 bridgehead atoms. The fourth-order valence-electron chi connectivity index (χ4n) is 2.74. The summed E-state index contributed by atoms with van der Waals surface area (Å²) < 4.78 is 26.0. The number of benzene rings is 1. The van der Waals surface area contributed by atoms with Gasteiger partial charge in [-0.15, -0.1) is 0 Å². The van der Waals surface area contributed by atoms with E-state index in [0.717, 1.165) is 31.6 Å². The van der Waals surface area contributed by atoms with Gasteiger partial charge in [0.25, 0.3) is 6.43 Å². The van der Waals surface area contributed by atoms with Gasteiger partial charge >= 0.3 is 0 Å². The molecule has 1 aliphatic carbocycles. The zero-order valence-corrected chi connectivity index (χ0v) is 11.3. The molecule has 0 aliphatic heterocycles. The SMILES string of the molecule is CC1CCCC(Nc2ccc(N)cc2C(F)F)CC1. The molecule has 2 nitrogen and oxygen atoms in total. The molecule has 0 aromatic heterocycles. The summed E-state index contributed by atoms with van der Waals surface area (Å²) in [5, 5.41) is 3.28. The predicted octanol–water partition coefficient (Wildman–Crippen LogP) is 4.59. The average Bonchev–Trinajstić information content (AvgIpc) is 2.56. The van der Waals surface area contributed by atoms with Gasteiger partial charge < -0.3 is 11.1 Å². The van der Waals surface area contributed by atoms with E-state index in [-0.39, 0.29) is 5.56 Å². The Labute approximate surface area is 113 Å². The molecule has 1 aromatic rings. The quantitative estimate of drug-likeness (QED) is 0.621. The number of alkyl halides is 2. The van der Waals surface area contributed by atoms with E-state index in [1.807, 2.05) is 0 Å². The smallest absolute Gasteiger partial charge is 0.265 e. The Morgan fingerprint density at radius 2 is 2.00 bits per heavy atom. The van der Waals surface area contributed by atoms with Crippen molar-refractivity contribution in [2.45, 2.75) is 51.5 Å². The second kappa shape index (κ2) is 6.22. The zero-order chi connectivity index (χ0) is 13.8. The molecule has 0 saturated heterocycles. The molecule has 1 saturated carbocycles. The van der Waals surface area contributed by atoms with Crippen LogP contribution in [0.2, 0.25) is 0 Å². The Hall–Kier alpha value is -1.32. The van der Waals surface area contributed by atoms with Gasteiger partial charge in [0.2, 0.25) is 0 Å². The van der Waals surface area contributed by atoms with Gasteiger partial charge in [0, 0.05) is 23.0 Å². The molecule has 3 N–H and O–H groups in total. The van der Waals surface area contributed by atoms with Crippen LogP contribution in [0.25, 0.3) is 0 Å². The van der Waals surface area contributed by atoms with E-state index >= 15 is 0 Å². The van der Waals surface area contributed by atoms with Crippen molar-refractivity contribution >= 4 is 11.4 Å². The number of halogens is 2. The number of hydrogen-bond donors (Lipinski definition) is 2. The van der Waals surface area contributed by atoms with Crippen LogP contribution >= 0.6 is 0 Å². The Balaban J connectivity index is 2.09. The molecule has 1 fully saturated rings. The molecular weight excluding hydrogens is 246 g/mol. The van der Waals surface area contributed by atoms with Crippen molar-refractivity contribution in [3.05, 3.63) is 23.8 Å². The number of hydrogen-bond acceptors (Lipinski definition) is 2. The van der Waals surface area contributed by atoms with E-state index < -0.39 is 6.43 Å². The summed E-state index contributed by atoms with van der Waals surface area (Å²) in [6.07, 6.45) is 3.18. The number of nitrogens with two attached hydrogens (primary N) is 1. The van der Waals surface area contributed by atoms with Crippen molar-refractivity contribution in [1.29, 1.82) is 0 Å². The van der Waals surface area contributed by atoms with Gasteiger partial charge in [-0.2, -0.15) is 0 Å². The van der Waals surface area contributed by atoms with Crippen LogP contribution in [-0.4, -0.2) is 6.04 Å². The van der Waals surface area contributed by atoms with Gasteiger partial charge in [0.1, 0.15) is 0 Å². The molecule has 19 heavy (non-hydrogen) atoms. The number of rotatable bonds is 3. The van der Waals surface area contributed by atoms with Crippen LogP contribution in [0, 0.1) is 5.92 Å². The third-order valence-corrected chi connectivity index (χ3v) is 3.93. The topological polar surface area (TPSA) is 38.0 Å². The maximum atomic E-state index is 13.0. The summed E-state index contributed by atoms with van der Waals surface area (Å²) in [7, 11) is 0. The fraction of sp³-hybridized carbons (Fsp3) is 0.600. The first-order valence-corrected chi connectivity index (χ1v) is 7.00. The van der Waals surface area contributed by atoms with Crippen LogP contribution in [0.15, 0.2) is 18.2 Å². The van der Waals surface area contributed by atoms with Crippen LogP contribution in [0.4, 0.5) is 20.2 Å². The van der Waals surface area contributed by atoms with Crippen LogP contribution in [0.1, 0.15) is 51.0 Å². The van der Waals surface area contributed by atoms with Crippen molar-refractivity contribution < 1.29 is 8.78 Å². The summed E-state index contributed by atoms with van der Waals surface area (Å²) in [4.78, 5) is 0. The Bertz CT molecular complexity index is 421. The lowest BCUT2D eigenvalue weighted by molar-refractivity contribution is 0.152. The Kier molecular flexibility index (Phi) is 4.61. The van der Waals surface area contributed by atoms with Crippen molar-refractivity contribution in [2.75, 3.05) is 11.1 Å². The first-order valence-electron chi connectivity index (χ1n) is 7.00. The molecular formula is C15H22F2N2. The molecule has 4 heteroatoms. The summed E-state index contributed by atoms with van der Waals surface area (Å²) in [6.45, 7) is 2.26. The van der Waals surface area contributed by atoms with Gasteiger partial charge in [-0.25, -0.2) is 8.78 Å². The van der Waals surface area contributed by atoms with Gasteiger partial charge in [-0.05, 0) is 43.4 Å². The lowest BCUT2D eigenvalue weighted by Crippen LogP contribution is -2.19. The summed E-state index contributed by atoms with van der Waals surface area (Å²) in [5.41, 5.74) is 6.51. The molecule has 106 valence electrons. The monoisotopic (exact) mass is 268 g/mol. The largest absolute Gasteiger partial charge is 0.399 e. The standard InChI is InChI=1S/C15H22F2N2/c1-10-3-2-4-12(7-5-10)19-14-8-6-11(18)9-13(14)15(16)17/h6,8-10,12,15,19H,2-5,7,18H2,1H3. The van der Waals surface area contributed by atoms with Crippen LogP contribution in [-0.2, 0) is 0 Å². The van der Waals surface area contributed by atoms with E-state index in [0.29, 0.717) is 17.4 Å². The first kappa shape index (κ1) is 14.1. The van der Waals surface area contributed by atoms with Crippen LogP contribution in [0.3, 0.4) is 0 Å². The second-order valence-corrected chi connectivity index (χ2v) is 5.60. The number of anilines is 2. The normalized spacial score (nSPS) is 24.2. The van der Waals surface area contributed by atoms with Gasteiger partial charge in [0.05, 0.1) is 0 Å². The highest BCUT2D eigenvalue weighted by Crippen LogP contribution is 2.31. The minimum atomic E-state index is -2.49. The molecule has 2 unspecified atom stereocenters. The van der Waals surface area contributed by atoms with E-state index in [4.69, 9.17) is 5.73 Å². The van der Waals surface area contributed by atoms with Crippen LogP contribution < -0.4 is 11.1 Å². The van der Waals surface area contributed by atoms with E-state index in [9.17, 15) is 8.78 Å². The third kappa shape index (κ3) is 3.82. The maximum absolute atomic E-state index is 13.0. The molecule has 1 aliphatic rings. The van der Waals surface area contributed by atoms with Gasteiger partial charge in [0.15, 0.2) is 0 Å². The highest BCUT2D eigenvalue weighted by Gasteiger charge is 2.19. The second-order valence-electron chi connectivity index (χ2n) is 5.60. The van der Waals surface area contributed by atoms with E-state index in [1.54, 1.807) is 12.1 Å². The zero-order valence-electron chi connectivity index (χ0n) is 11.3. The minimum Gasteiger partial charge on any atom is -0.399 e. The maximum Gasteiger partial charge on any atom is 0.265 e. The predicted molar refractivity (Wildman–Crippen MR) is 75.5 cm³/mol. The summed E-state index contributed by atoms with van der Waals surface area (Å²) >= 11 is 0. The van der Waals surface area contributed by atoms with Crippen LogP contribution in [0.5, 0.6) is 0 Å². The molecule has 0 heterocycles. The molecule has 1 aromatic carbocycles. The van der Waals surface area contributed by atoms with Gasteiger partial charge in [-0.1, -0.05) is 19.8 Å². The number of nitrogens with one attached hydrogen (secondary N) is 1. The lowest BCUT2D eigenvalue weighted by Gasteiger charge is -2.20. The van der Waals surface area contributed by atoms with E-state index in [2.05, 4.69) is 12.2 Å². The summed E-state index contributed by atoms with van der Waals surface area (Å²) in [5.74, 6) is 0.743. The van der Waals surface area contributed by atoms with Crippen molar-refractivity contribution in [2.24, 2.45) is 5.92 Å². The Morgan fingerprint density at radius 3 is 2.74 bits per heavy atom. The summed E-state index contributed by atoms with van der Waals surface area (Å²) in [6, 6.07) is 5.01. The van der Waals surface area contributed by atoms with Crippen molar-refractivity contribution in [1.82, 2.24) is 0 Å². The lowest BCUT2D eigenvalue weighted by atomic mass is 10.0. The van der Waals surface area contributed by atoms with Gasteiger partial charge in [-0.3, -0.25) is 0 Å². The fourth-order valence-corrected chi connectivity index (χ4v) is 2.74. The highest BCUT2D eigenvalue weighted by atomic mass is 19.3. The molecule has 2 atom stereocenters. The minimum absolute atomic E-state index is 0.0114. The van der Waals surface area contributed by atoms with Crippen molar-refractivity contribution in [3.63, 3.8) is 0 Å². The molecule has 2 rings (SSSR count). The number of nitrogen functional groups attached to an aromatic ring is 1. The Morgan fingerprint density at radius 1 is 1.21 bits per heavy atom. The molecule has 0 radical (unpaired) electrons. The van der Waals surface area contributed by atoms with Crippen molar-refractivity contribution in [3.8, 4) is 0 Å². The molecule has 0 amide bonds.